The highest BCUT2D eigenvalue weighted by atomic mass is 16.3. The number of para-hydroxylation sites is 1. The lowest BCUT2D eigenvalue weighted by Gasteiger charge is -2.06. The van der Waals surface area contributed by atoms with E-state index in [0.29, 0.717) is 5.71 Å². The van der Waals surface area contributed by atoms with Gasteiger partial charge in [0.1, 0.15) is 16.7 Å². The Bertz CT molecular complexity index is 969. The van der Waals surface area contributed by atoms with E-state index in [9.17, 15) is 0 Å². The second-order valence-electron chi connectivity index (χ2n) is 5.30. The molecule has 0 atom stereocenters. The molecule has 102 valence electrons. The third-order valence-corrected chi connectivity index (χ3v) is 3.91. The minimum Gasteiger partial charge on any atom is -0.419 e. The highest BCUT2D eigenvalue weighted by Crippen LogP contribution is 2.34. The third kappa shape index (κ3) is 1.74. The SMILES string of the molecule is Cc1ccccc1-c1c2c(nc[n+]1C)oc1ccccc12. The Morgan fingerprint density at radius 1 is 1.00 bits per heavy atom. The minimum atomic E-state index is 0.688. The number of nitrogens with zero attached hydrogens (tertiary/aromatic N) is 2. The molecule has 0 unspecified atom stereocenters. The molecule has 3 heteroatoms. The van der Waals surface area contributed by atoms with Crippen LogP contribution in [0.25, 0.3) is 33.3 Å². The van der Waals surface area contributed by atoms with Crippen molar-refractivity contribution in [3.8, 4) is 11.3 Å². The fraction of sp³-hybridized carbons (Fsp3) is 0.111. The highest BCUT2D eigenvalue weighted by Gasteiger charge is 2.22. The van der Waals surface area contributed by atoms with Crippen LogP contribution in [0.1, 0.15) is 5.56 Å². The largest absolute Gasteiger partial charge is 0.419 e. The molecule has 2 aromatic carbocycles. The standard InChI is InChI=1S/C18H15N2O/c1-12-7-3-4-8-13(12)17-16-14-9-5-6-10-15(14)21-18(16)19-11-20(17)2/h3-11H,1-2H3/q+1. The Hall–Kier alpha value is -2.68. The number of benzene rings is 2. The van der Waals surface area contributed by atoms with E-state index in [2.05, 4.69) is 46.8 Å². The van der Waals surface area contributed by atoms with Gasteiger partial charge in [-0.1, -0.05) is 42.5 Å². The first-order valence-electron chi connectivity index (χ1n) is 6.97. The van der Waals surface area contributed by atoms with Crippen LogP contribution in [0.4, 0.5) is 0 Å². The van der Waals surface area contributed by atoms with Gasteiger partial charge in [0.2, 0.25) is 0 Å². The van der Waals surface area contributed by atoms with Gasteiger partial charge < -0.3 is 4.42 Å². The molecule has 4 aromatic rings. The number of furan rings is 1. The summed E-state index contributed by atoms with van der Waals surface area (Å²) in [7, 11) is 2.02. The van der Waals surface area contributed by atoms with Crippen LogP contribution < -0.4 is 4.57 Å². The van der Waals surface area contributed by atoms with E-state index < -0.39 is 0 Å². The number of hydrogen-bond donors (Lipinski definition) is 0. The van der Waals surface area contributed by atoms with Gasteiger partial charge in [-0.25, -0.2) is 4.57 Å². The molecule has 2 heterocycles. The van der Waals surface area contributed by atoms with Gasteiger partial charge in [0.25, 0.3) is 6.33 Å². The van der Waals surface area contributed by atoms with E-state index in [-0.39, 0.29) is 0 Å². The summed E-state index contributed by atoms with van der Waals surface area (Å²) in [6.07, 6.45) is 1.81. The van der Waals surface area contributed by atoms with Crippen molar-refractivity contribution >= 4 is 22.1 Å². The van der Waals surface area contributed by atoms with Crippen LogP contribution in [-0.2, 0) is 7.05 Å². The second kappa shape index (κ2) is 4.42. The smallest absolute Gasteiger partial charge is 0.345 e. The van der Waals surface area contributed by atoms with Crippen molar-refractivity contribution in [3.05, 3.63) is 60.4 Å². The van der Waals surface area contributed by atoms with E-state index >= 15 is 0 Å². The zero-order chi connectivity index (χ0) is 14.4. The van der Waals surface area contributed by atoms with Crippen molar-refractivity contribution in [2.24, 2.45) is 7.05 Å². The molecule has 0 spiro atoms. The zero-order valence-corrected chi connectivity index (χ0v) is 12.0. The summed E-state index contributed by atoms with van der Waals surface area (Å²) in [5.74, 6) is 0. The number of aromatic nitrogens is 2. The molecule has 0 N–H and O–H groups in total. The molecule has 4 rings (SSSR count). The molecule has 2 aromatic heterocycles. The molecular formula is C18H15N2O+. The Balaban J connectivity index is 2.22. The van der Waals surface area contributed by atoms with Gasteiger partial charge in [0.15, 0.2) is 0 Å². The Kier molecular flexibility index (Phi) is 2.54. The maximum absolute atomic E-state index is 5.88. The van der Waals surface area contributed by atoms with Crippen molar-refractivity contribution in [3.63, 3.8) is 0 Å². The Morgan fingerprint density at radius 3 is 2.62 bits per heavy atom. The van der Waals surface area contributed by atoms with Crippen LogP contribution in [0.2, 0.25) is 0 Å². The van der Waals surface area contributed by atoms with Crippen molar-refractivity contribution < 1.29 is 8.98 Å². The number of hydrogen-bond acceptors (Lipinski definition) is 2. The molecule has 3 nitrogen and oxygen atoms in total. The lowest BCUT2D eigenvalue weighted by atomic mass is 10.0. The quantitative estimate of drug-likeness (QED) is 0.495. The monoisotopic (exact) mass is 275 g/mol. The van der Waals surface area contributed by atoms with E-state index in [1.807, 2.05) is 31.6 Å². The molecule has 0 fully saturated rings. The molecule has 0 amide bonds. The normalized spacial score (nSPS) is 11.3. The van der Waals surface area contributed by atoms with E-state index in [1.165, 1.54) is 11.1 Å². The third-order valence-electron chi connectivity index (χ3n) is 3.91. The van der Waals surface area contributed by atoms with E-state index in [4.69, 9.17) is 4.42 Å². The van der Waals surface area contributed by atoms with Crippen molar-refractivity contribution in [2.75, 3.05) is 0 Å². The van der Waals surface area contributed by atoms with Crippen LogP contribution in [0.5, 0.6) is 0 Å². The fourth-order valence-corrected chi connectivity index (χ4v) is 2.89. The van der Waals surface area contributed by atoms with Crippen LogP contribution >= 0.6 is 0 Å². The zero-order valence-electron chi connectivity index (χ0n) is 12.0. The lowest BCUT2D eigenvalue weighted by molar-refractivity contribution is -0.662. The Morgan fingerprint density at radius 2 is 1.76 bits per heavy atom. The second-order valence-corrected chi connectivity index (χ2v) is 5.30. The van der Waals surface area contributed by atoms with Gasteiger partial charge in [0.05, 0.1) is 7.05 Å². The van der Waals surface area contributed by atoms with Crippen LogP contribution in [0.3, 0.4) is 0 Å². The molecule has 0 bridgehead atoms. The van der Waals surface area contributed by atoms with Crippen molar-refractivity contribution in [1.29, 1.82) is 0 Å². The molecule has 0 aliphatic rings. The average molecular weight is 275 g/mol. The predicted molar refractivity (Wildman–Crippen MR) is 82.9 cm³/mol. The number of fused-ring (bicyclic) bond motifs is 3. The molecule has 0 saturated heterocycles. The summed E-state index contributed by atoms with van der Waals surface area (Å²) in [6.45, 7) is 2.13. The topological polar surface area (TPSA) is 29.9 Å². The molecule has 21 heavy (non-hydrogen) atoms. The molecule has 0 radical (unpaired) electrons. The first-order valence-corrected chi connectivity index (χ1v) is 6.97. The molecule has 0 aliphatic carbocycles. The highest BCUT2D eigenvalue weighted by molar-refractivity contribution is 6.09. The minimum absolute atomic E-state index is 0.688. The maximum Gasteiger partial charge on any atom is 0.345 e. The maximum atomic E-state index is 5.88. The summed E-state index contributed by atoms with van der Waals surface area (Å²) in [5, 5.41) is 2.18. The van der Waals surface area contributed by atoms with Gasteiger partial charge >= 0.3 is 5.71 Å². The first-order chi connectivity index (χ1) is 10.3. The van der Waals surface area contributed by atoms with E-state index in [0.717, 1.165) is 22.0 Å². The summed E-state index contributed by atoms with van der Waals surface area (Å²) < 4.78 is 7.95. The van der Waals surface area contributed by atoms with Gasteiger partial charge in [-0.05, 0) is 23.5 Å². The molecule has 0 aliphatic heterocycles. The summed E-state index contributed by atoms with van der Waals surface area (Å²) in [4.78, 5) is 4.43. The van der Waals surface area contributed by atoms with Crippen molar-refractivity contribution in [2.45, 2.75) is 6.92 Å². The van der Waals surface area contributed by atoms with Crippen LogP contribution in [0, 0.1) is 6.92 Å². The molecule has 0 saturated carbocycles. The van der Waals surface area contributed by atoms with Crippen LogP contribution in [-0.4, -0.2) is 4.98 Å². The molecular weight excluding hydrogens is 260 g/mol. The van der Waals surface area contributed by atoms with Gasteiger partial charge in [-0.2, -0.15) is 0 Å². The van der Waals surface area contributed by atoms with Gasteiger partial charge in [0, 0.05) is 10.9 Å². The van der Waals surface area contributed by atoms with Crippen molar-refractivity contribution in [1.82, 2.24) is 4.98 Å². The van der Waals surface area contributed by atoms with Gasteiger partial charge in [-0.3, -0.25) is 0 Å². The van der Waals surface area contributed by atoms with Gasteiger partial charge in [-0.15, -0.1) is 0 Å². The Labute approximate surface area is 122 Å². The van der Waals surface area contributed by atoms with E-state index in [1.54, 1.807) is 0 Å². The summed E-state index contributed by atoms with van der Waals surface area (Å²) >= 11 is 0. The number of aryl methyl sites for hydroxylation is 2. The predicted octanol–water partition coefficient (Wildman–Crippen LogP) is 3.78. The average Bonchev–Trinajstić information content (AvgIpc) is 2.87. The fourth-order valence-electron chi connectivity index (χ4n) is 2.89. The summed E-state index contributed by atoms with van der Waals surface area (Å²) in [6, 6.07) is 16.5. The van der Waals surface area contributed by atoms with Crippen LogP contribution in [0.15, 0.2) is 59.3 Å². The summed E-state index contributed by atoms with van der Waals surface area (Å²) in [5.41, 5.74) is 5.15. The number of rotatable bonds is 1. The lowest BCUT2D eigenvalue weighted by Crippen LogP contribution is -2.31. The first kappa shape index (κ1) is 12.1.